The summed E-state index contributed by atoms with van der Waals surface area (Å²) in [7, 11) is -3.47. The topological polar surface area (TPSA) is 92.3 Å². The highest BCUT2D eigenvalue weighted by molar-refractivity contribution is 7.90. The summed E-state index contributed by atoms with van der Waals surface area (Å²) in [5.74, 6) is 0.524. The Hall–Kier alpha value is -3.45. The Morgan fingerprint density at radius 2 is 1.51 bits per heavy atom. The first-order valence-corrected chi connectivity index (χ1v) is 15.5. The van der Waals surface area contributed by atoms with Crippen molar-refractivity contribution in [3.05, 3.63) is 95.6 Å². The van der Waals surface area contributed by atoms with Gasteiger partial charge in [-0.25, -0.2) is 13.2 Å². The first kappa shape index (κ1) is 28.6. The second-order valence-electron chi connectivity index (χ2n) is 10.6. The second-order valence-corrected chi connectivity index (χ2v) is 12.6. The standard InChI is InChI=1S/C32H38N2O4S/c1-24-12-19-29(20-13-24)39(37,38)23-27-14-17-28(18-15-27)33-32(36)34-30(22-26-10-6-3-7-11-26)31(35)21-16-25-8-4-2-5-9-25/h3,6-7,10-15,17-20,25,30H,2,4-5,8-9,16,21-23H2,1H3,(H2,33,34,36)/t30-/m1/s1. The summed E-state index contributed by atoms with van der Waals surface area (Å²) in [6.45, 7) is 1.91. The van der Waals surface area contributed by atoms with E-state index in [0.717, 1.165) is 17.5 Å². The van der Waals surface area contributed by atoms with Crippen molar-refractivity contribution >= 4 is 27.3 Å². The van der Waals surface area contributed by atoms with E-state index in [1.165, 1.54) is 32.1 Å². The normalized spacial score (nSPS) is 14.9. The third-order valence-electron chi connectivity index (χ3n) is 7.45. The van der Waals surface area contributed by atoms with Crippen LogP contribution in [0.2, 0.25) is 0 Å². The van der Waals surface area contributed by atoms with Crippen LogP contribution in [0, 0.1) is 12.8 Å². The number of urea groups is 1. The number of hydrogen-bond acceptors (Lipinski definition) is 4. The van der Waals surface area contributed by atoms with Gasteiger partial charge in [0, 0.05) is 12.1 Å². The minimum absolute atomic E-state index is 0.0521. The van der Waals surface area contributed by atoms with Crippen LogP contribution in [0.4, 0.5) is 10.5 Å². The van der Waals surface area contributed by atoms with Crippen molar-refractivity contribution in [2.45, 2.75) is 75.0 Å². The van der Waals surface area contributed by atoms with Crippen LogP contribution in [-0.2, 0) is 26.8 Å². The number of rotatable bonds is 11. The van der Waals surface area contributed by atoms with E-state index in [4.69, 9.17) is 0 Å². The van der Waals surface area contributed by atoms with Crippen LogP contribution in [0.3, 0.4) is 0 Å². The molecule has 3 aromatic rings. The maximum absolute atomic E-state index is 13.2. The number of benzene rings is 3. The smallest absolute Gasteiger partial charge is 0.319 e. The fourth-order valence-corrected chi connectivity index (χ4v) is 6.50. The van der Waals surface area contributed by atoms with E-state index in [1.807, 2.05) is 37.3 Å². The van der Waals surface area contributed by atoms with Gasteiger partial charge in [-0.3, -0.25) is 4.79 Å². The Morgan fingerprint density at radius 1 is 0.846 bits per heavy atom. The first-order chi connectivity index (χ1) is 18.8. The molecule has 4 rings (SSSR count). The highest BCUT2D eigenvalue weighted by Crippen LogP contribution is 2.27. The highest BCUT2D eigenvalue weighted by Gasteiger charge is 2.23. The molecule has 2 amide bonds. The van der Waals surface area contributed by atoms with Crippen LogP contribution in [0.1, 0.15) is 61.6 Å². The molecule has 6 nitrogen and oxygen atoms in total. The second kappa shape index (κ2) is 13.6. The predicted molar refractivity (Wildman–Crippen MR) is 155 cm³/mol. The lowest BCUT2D eigenvalue weighted by Crippen LogP contribution is -2.44. The Labute approximate surface area is 232 Å². The largest absolute Gasteiger partial charge is 0.328 e. The quantitative estimate of drug-likeness (QED) is 0.282. The minimum atomic E-state index is -3.47. The van der Waals surface area contributed by atoms with Gasteiger partial charge in [-0.1, -0.05) is 92.3 Å². The molecule has 0 aliphatic heterocycles. The summed E-state index contributed by atoms with van der Waals surface area (Å²) in [5.41, 5.74) is 3.14. The third-order valence-corrected chi connectivity index (χ3v) is 9.15. The van der Waals surface area contributed by atoms with Crippen LogP contribution in [-0.4, -0.2) is 26.3 Å². The molecule has 0 spiro atoms. The Bertz CT molecular complexity index is 1330. The maximum atomic E-state index is 13.2. The van der Waals surface area contributed by atoms with Gasteiger partial charge < -0.3 is 10.6 Å². The van der Waals surface area contributed by atoms with Gasteiger partial charge in [-0.2, -0.15) is 0 Å². The lowest BCUT2D eigenvalue weighted by atomic mass is 9.85. The zero-order valence-corrected chi connectivity index (χ0v) is 23.4. The van der Waals surface area contributed by atoms with Crippen molar-refractivity contribution in [2.24, 2.45) is 5.92 Å². The van der Waals surface area contributed by atoms with E-state index < -0.39 is 21.9 Å². The SMILES string of the molecule is Cc1ccc(S(=O)(=O)Cc2ccc(NC(=O)N[C@H](Cc3ccccc3)C(=O)CCC3CCCCC3)cc2)cc1. The third kappa shape index (κ3) is 8.79. The van der Waals surface area contributed by atoms with E-state index >= 15 is 0 Å². The lowest BCUT2D eigenvalue weighted by Gasteiger charge is -2.23. The number of carbonyl (C=O) groups excluding carboxylic acids is 2. The molecule has 1 atom stereocenters. The van der Waals surface area contributed by atoms with Crippen LogP contribution in [0.15, 0.2) is 83.8 Å². The van der Waals surface area contributed by atoms with Gasteiger partial charge in [0.15, 0.2) is 15.6 Å². The van der Waals surface area contributed by atoms with E-state index in [1.54, 1.807) is 48.5 Å². The molecule has 0 unspecified atom stereocenters. The maximum Gasteiger partial charge on any atom is 0.319 e. The molecule has 0 radical (unpaired) electrons. The van der Waals surface area contributed by atoms with Gasteiger partial charge in [0.1, 0.15) is 0 Å². The fourth-order valence-electron chi connectivity index (χ4n) is 5.15. The van der Waals surface area contributed by atoms with Crippen molar-refractivity contribution in [1.29, 1.82) is 0 Å². The molecule has 3 aromatic carbocycles. The van der Waals surface area contributed by atoms with Crippen molar-refractivity contribution < 1.29 is 18.0 Å². The van der Waals surface area contributed by atoms with E-state index in [2.05, 4.69) is 10.6 Å². The summed E-state index contributed by atoms with van der Waals surface area (Å²) < 4.78 is 25.5. The lowest BCUT2D eigenvalue weighted by molar-refractivity contribution is -0.121. The molecule has 2 N–H and O–H groups in total. The number of sulfone groups is 1. The van der Waals surface area contributed by atoms with Gasteiger partial charge in [-0.15, -0.1) is 0 Å². The average molecular weight is 547 g/mol. The average Bonchev–Trinajstić information content (AvgIpc) is 2.93. The summed E-state index contributed by atoms with van der Waals surface area (Å²) in [4.78, 5) is 26.4. The van der Waals surface area contributed by atoms with Crippen molar-refractivity contribution in [2.75, 3.05) is 5.32 Å². The van der Waals surface area contributed by atoms with Gasteiger partial charge >= 0.3 is 6.03 Å². The highest BCUT2D eigenvalue weighted by atomic mass is 32.2. The molecule has 39 heavy (non-hydrogen) atoms. The molecule has 7 heteroatoms. The Balaban J connectivity index is 1.35. The zero-order chi connectivity index (χ0) is 27.7. The van der Waals surface area contributed by atoms with E-state index in [9.17, 15) is 18.0 Å². The molecule has 0 aromatic heterocycles. The molecular weight excluding hydrogens is 508 g/mol. The monoisotopic (exact) mass is 546 g/mol. The molecule has 1 aliphatic carbocycles. The summed E-state index contributed by atoms with van der Waals surface area (Å²) in [6, 6.07) is 22.2. The summed E-state index contributed by atoms with van der Waals surface area (Å²) in [6.07, 6.45) is 7.92. The number of nitrogens with one attached hydrogen (secondary N) is 2. The molecule has 1 saturated carbocycles. The van der Waals surface area contributed by atoms with Crippen LogP contribution >= 0.6 is 0 Å². The molecular formula is C32H38N2O4S. The van der Waals surface area contributed by atoms with Crippen molar-refractivity contribution in [3.63, 3.8) is 0 Å². The Kier molecular flexibility index (Phi) is 9.93. The van der Waals surface area contributed by atoms with E-state index in [-0.39, 0.29) is 16.4 Å². The number of anilines is 1. The molecule has 1 aliphatic rings. The number of hydrogen-bond donors (Lipinski definition) is 2. The van der Waals surface area contributed by atoms with Crippen molar-refractivity contribution in [3.8, 4) is 0 Å². The number of Topliss-reactive ketones (excluding diaryl/α,β-unsaturated/α-hetero) is 1. The van der Waals surface area contributed by atoms with Gasteiger partial charge in [-0.05, 0) is 61.1 Å². The first-order valence-electron chi connectivity index (χ1n) is 13.8. The van der Waals surface area contributed by atoms with Gasteiger partial charge in [0.2, 0.25) is 0 Å². The minimum Gasteiger partial charge on any atom is -0.328 e. The predicted octanol–water partition coefficient (Wildman–Crippen LogP) is 6.63. The Morgan fingerprint density at radius 3 is 2.18 bits per heavy atom. The summed E-state index contributed by atoms with van der Waals surface area (Å²) in [5, 5.41) is 5.68. The van der Waals surface area contributed by atoms with Crippen molar-refractivity contribution in [1.82, 2.24) is 5.32 Å². The fraction of sp³-hybridized carbons (Fsp3) is 0.375. The number of amides is 2. The van der Waals surface area contributed by atoms with Gasteiger partial charge in [0.25, 0.3) is 0 Å². The molecule has 0 bridgehead atoms. The van der Waals surface area contributed by atoms with Crippen LogP contribution in [0.5, 0.6) is 0 Å². The van der Waals surface area contributed by atoms with Gasteiger partial charge in [0.05, 0.1) is 16.7 Å². The number of aryl methyl sites for hydroxylation is 1. The van der Waals surface area contributed by atoms with Crippen LogP contribution < -0.4 is 10.6 Å². The van der Waals surface area contributed by atoms with Crippen LogP contribution in [0.25, 0.3) is 0 Å². The zero-order valence-electron chi connectivity index (χ0n) is 22.6. The summed E-state index contributed by atoms with van der Waals surface area (Å²) >= 11 is 0. The number of ketones is 1. The molecule has 1 fully saturated rings. The van der Waals surface area contributed by atoms with E-state index in [0.29, 0.717) is 30.0 Å². The number of carbonyl (C=O) groups is 2. The molecule has 0 saturated heterocycles. The molecule has 206 valence electrons. The molecule has 0 heterocycles.